The van der Waals surface area contributed by atoms with E-state index in [0.29, 0.717) is 13.1 Å². The number of rotatable bonds is 3. The maximum absolute atomic E-state index is 9.18. The molecule has 3 heteroatoms. The summed E-state index contributed by atoms with van der Waals surface area (Å²) in [5.74, 6) is 0.811. The van der Waals surface area contributed by atoms with E-state index in [9.17, 15) is 4.79 Å². The lowest BCUT2D eigenvalue weighted by molar-refractivity contribution is -0.128. The van der Waals surface area contributed by atoms with Crippen molar-refractivity contribution in [3.63, 3.8) is 0 Å². The van der Waals surface area contributed by atoms with E-state index in [1.54, 1.807) is 13.2 Å². The number of hydrogen-bond acceptors (Lipinski definition) is 3. The zero-order chi connectivity index (χ0) is 12.1. The maximum Gasteiger partial charge on any atom is 0.293 e. The Morgan fingerprint density at radius 2 is 2.24 bits per heavy atom. The molecule has 0 saturated heterocycles. The Labute approximate surface area is 100 Å². The minimum atomic E-state index is 0.431. The van der Waals surface area contributed by atoms with Crippen molar-refractivity contribution in [1.82, 2.24) is 0 Å². The lowest BCUT2D eigenvalue weighted by Crippen LogP contribution is -1.80. The average molecular weight is 232 g/mol. The Hall–Kier alpha value is -1.77. The summed E-state index contributed by atoms with van der Waals surface area (Å²) in [6.07, 6.45) is 4.48. The lowest BCUT2D eigenvalue weighted by Gasteiger charge is -1.97. The van der Waals surface area contributed by atoms with Gasteiger partial charge >= 0.3 is 0 Å². The van der Waals surface area contributed by atoms with Crippen molar-refractivity contribution in [1.29, 1.82) is 0 Å². The molecule has 1 aromatic heterocycles. The fourth-order valence-electron chi connectivity index (χ4n) is 1.84. The molecule has 0 N–H and O–H groups in total. The van der Waals surface area contributed by atoms with Crippen LogP contribution in [-0.2, 0) is 9.53 Å². The zero-order valence-electron chi connectivity index (χ0n) is 9.89. The SMILES string of the molecule is CCOC=O.c1cc(C2CC2)c2ccoc2c1. The summed E-state index contributed by atoms with van der Waals surface area (Å²) >= 11 is 0. The largest absolute Gasteiger partial charge is 0.468 e. The number of hydrogen-bond donors (Lipinski definition) is 0. The second-order valence-electron chi connectivity index (χ2n) is 4.01. The quantitative estimate of drug-likeness (QED) is 0.760. The van der Waals surface area contributed by atoms with Gasteiger partial charge in [0.05, 0.1) is 12.9 Å². The van der Waals surface area contributed by atoms with Gasteiger partial charge in [0.15, 0.2) is 0 Å². The van der Waals surface area contributed by atoms with Crippen molar-refractivity contribution in [2.24, 2.45) is 0 Å². The van der Waals surface area contributed by atoms with Crippen LogP contribution in [-0.4, -0.2) is 13.1 Å². The predicted molar refractivity (Wildman–Crippen MR) is 65.9 cm³/mol. The summed E-state index contributed by atoms with van der Waals surface area (Å²) in [5.41, 5.74) is 2.50. The van der Waals surface area contributed by atoms with Crippen molar-refractivity contribution in [3.8, 4) is 0 Å². The first-order chi connectivity index (χ1) is 8.36. The highest BCUT2D eigenvalue weighted by Crippen LogP contribution is 2.43. The second-order valence-corrected chi connectivity index (χ2v) is 4.01. The van der Waals surface area contributed by atoms with Crippen molar-refractivity contribution in [2.75, 3.05) is 6.61 Å². The highest BCUT2D eigenvalue weighted by molar-refractivity contribution is 5.81. The fourth-order valence-corrected chi connectivity index (χ4v) is 1.84. The molecule has 1 aliphatic rings. The van der Waals surface area contributed by atoms with Gasteiger partial charge in [-0.1, -0.05) is 12.1 Å². The van der Waals surface area contributed by atoms with Crippen LogP contribution >= 0.6 is 0 Å². The van der Waals surface area contributed by atoms with Crippen LogP contribution in [0.2, 0.25) is 0 Å². The maximum atomic E-state index is 9.18. The molecule has 3 nitrogen and oxygen atoms in total. The van der Waals surface area contributed by atoms with Crippen molar-refractivity contribution < 1.29 is 13.9 Å². The molecule has 1 aliphatic carbocycles. The van der Waals surface area contributed by atoms with Gasteiger partial charge in [-0.3, -0.25) is 4.79 Å². The van der Waals surface area contributed by atoms with Crippen LogP contribution in [0.4, 0.5) is 0 Å². The molecule has 90 valence electrons. The van der Waals surface area contributed by atoms with Gasteiger partial charge in [-0.2, -0.15) is 0 Å². The van der Waals surface area contributed by atoms with Gasteiger partial charge in [0, 0.05) is 5.39 Å². The van der Waals surface area contributed by atoms with Crippen LogP contribution in [0.1, 0.15) is 31.2 Å². The summed E-state index contributed by atoms with van der Waals surface area (Å²) < 4.78 is 9.49. The third-order valence-electron chi connectivity index (χ3n) is 2.78. The molecule has 2 aromatic rings. The molecule has 0 radical (unpaired) electrons. The summed E-state index contributed by atoms with van der Waals surface area (Å²) in [5, 5.41) is 1.31. The number of furan rings is 1. The van der Waals surface area contributed by atoms with Crippen LogP contribution in [0, 0.1) is 0 Å². The van der Waals surface area contributed by atoms with E-state index in [1.807, 2.05) is 6.07 Å². The Morgan fingerprint density at radius 1 is 1.41 bits per heavy atom. The number of ether oxygens (including phenoxy) is 1. The molecule has 0 aliphatic heterocycles. The van der Waals surface area contributed by atoms with Gasteiger partial charge in [-0.25, -0.2) is 0 Å². The third kappa shape index (κ3) is 2.87. The standard InChI is InChI=1S/C11H10O.C3H6O2/c1-2-9(8-4-5-8)10-6-7-12-11(10)3-1;1-2-5-3-4/h1-3,6-8H,4-5H2;3H,2H2,1H3. The van der Waals surface area contributed by atoms with Gasteiger partial charge in [-0.05, 0) is 43.4 Å². The van der Waals surface area contributed by atoms with Crippen LogP contribution in [0.25, 0.3) is 11.0 Å². The van der Waals surface area contributed by atoms with Gasteiger partial charge in [0.2, 0.25) is 0 Å². The molecular formula is C14H16O3. The fraction of sp³-hybridized carbons (Fsp3) is 0.357. The summed E-state index contributed by atoms with van der Waals surface area (Å²) in [7, 11) is 0. The highest BCUT2D eigenvalue weighted by atomic mass is 16.5. The normalized spacial score (nSPS) is 13.9. The van der Waals surface area contributed by atoms with Gasteiger partial charge < -0.3 is 9.15 Å². The molecular weight excluding hydrogens is 216 g/mol. The first kappa shape index (κ1) is 11.7. The topological polar surface area (TPSA) is 39.4 Å². The Bertz CT molecular complexity index is 483. The first-order valence-corrected chi connectivity index (χ1v) is 5.88. The molecule has 0 bridgehead atoms. The minimum Gasteiger partial charge on any atom is -0.468 e. The van der Waals surface area contributed by atoms with Crippen molar-refractivity contribution >= 4 is 17.4 Å². The molecule has 1 aromatic carbocycles. The summed E-state index contributed by atoms with van der Waals surface area (Å²) in [6.45, 7) is 2.66. The molecule has 1 heterocycles. The van der Waals surface area contributed by atoms with Crippen LogP contribution in [0.5, 0.6) is 0 Å². The Kier molecular flexibility index (Phi) is 3.81. The Balaban J connectivity index is 0.000000188. The van der Waals surface area contributed by atoms with Crippen LogP contribution in [0.3, 0.4) is 0 Å². The third-order valence-corrected chi connectivity index (χ3v) is 2.78. The predicted octanol–water partition coefficient (Wildman–Crippen LogP) is 3.49. The average Bonchev–Trinajstić information content (AvgIpc) is 3.08. The van der Waals surface area contributed by atoms with Crippen molar-refractivity contribution in [3.05, 3.63) is 36.1 Å². The second kappa shape index (κ2) is 5.53. The number of carbonyl (C=O) groups is 1. The molecule has 17 heavy (non-hydrogen) atoms. The molecule has 0 atom stereocenters. The van der Waals surface area contributed by atoms with E-state index in [0.717, 1.165) is 11.5 Å². The summed E-state index contributed by atoms with van der Waals surface area (Å²) in [4.78, 5) is 9.18. The van der Waals surface area contributed by atoms with Gasteiger partial charge in [0.25, 0.3) is 6.47 Å². The molecule has 0 unspecified atom stereocenters. The van der Waals surface area contributed by atoms with Gasteiger partial charge in [0.1, 0.15) is 5.58 Å². The highest BCUT2D eigenvalue weighted by Gasteiger charge is 2.25. The van der Waals surface area contributed by atoms with E-state index in [4.69, 9.17) is 4.42 Å². The number of fused-ring (bicyclic) bond motifs is 1. The van der Waals surface area contributed by atoms with Crippen LogP contribution in [0.15, 0.2) is 34.9 Å². The van der Waals surface area contributed by atoms with Crippen LogP contribution < -0.4 is 0 Å². The van der Waals surface area contributed by atoms with Crippen molar-refractivity contribution in [2.45, 2.75) is 25.7 Å². The zero-order valence-corrected chi connectivity index (χ0v) is 9.89. The van der Waals surface area contributed by atoms with E-state index in [1.165, 1.54) is 23.8 Å². The first-order valence-electron chi connectivity index (χ1n) is 5.88. The monoisotopic (exact) mass is 232 g/mol. The molecule has 0 spiro atoms. The molecule has 3 rings (SSSR count). The van der Waals surface area contributed by atoms with Gasteiger partial charge in [-0.15, -0.1) is 0 Å². The molecule has 0 amide bonds. The number of benzene rings is 1. The minimum absolute atomic E-state index is 0.431. The lowest BCUT2D eigenvalue weighted by atomic mass is 10.1. The van der Waals surface area contributed by atoms with E-state index in [-0.39, 0.29) is 0 Å². The smallest absolute Gasteiger partial charge is 0.293 e. The molecule has 1 saturated carbocycles. The number of carbonyl (C=O) groups excluding carboxylic acids is 1. The van der Waals surface area contributed by atoms with E-state index >= 15 is 0 Å². The van der Waals surface area contributed by atoms with E-state index in [2.05, 4.69) is 22.9 Å². The van der Waals surface area contributed by atoms with E-state index < -0.39 is 0 Å². The summed E-state index contributed by atoms with van der Waals surface area (Å²) in [6, 6.07) is 8.40. The molecule has 1 fully saturated rings. The Morgan fingerprint density at radius 3 is 2.82 bits per heavy atom.